The summed E-state index contributed by atoms with van der Waals surface area (Å²) in [5.74, 6) is -0.835. The van der Waals surface area contributed by atoms with Crippen molar-refractivity contribution in [3.05, 3.63) is 97.4 Å². The highest BCUT2D eigenvalue weighted by Gasteiger charge is 2.37. The van der Waals surface area contributed by atoms with Crippen molar-refractivity contribution in [2.24, 2.45) is 0 Å². The van der Waals surface area contributed by atoms with Crippen LogP contribution in [0.2, 0.25) is 0 Å². The summed E-state index contributed by atoms with van der Waals surface area (Å²) in [5.41, 5.74) is 3.82. The molecule has 34 heavy (non-hydrogen) atoms. The van der Waals surface area contributed by atoms with Gasteiger partial charge in [0.05, 0.1) is 14.6 Å². The van der Waals surface area contributed by atoms with Gasteiger partial charge in [-0.2, -0.15) is 0 Å². The molecule has 0 atom stereocenters. The van der Waals surface area contributed by atoms with E-state index in [-0.39, 0.29) is 5.57 Å². The SMILES string of the molecule is Cc1ccc(N2C(=O)NC(=O)/C(=C\c3cc(Br)c(OCc4ccccc4)c(Br)c3)C2=O)cc1C. The Balaban J connectivity index is 1.63. The average Bonchev–Trinajstić information content (AvgIpc) is 2.79. The van der Waals surface area contributed by atoms with Crippen LogP contribution >= 0.6 is 31.9 Å². The maximum Gasteiger partial charge on any atom is 0.335 e. The first-order chi connectivity index (χ1) is 16.2. The minimum Gasteiger partial charge on any atom is -0.487 e. The maximum absolute atomic E-state index is 13.2. The molecule has 8 heteroatoms. The van der Waals surface area contributed by atoms with Crippen LogP contribution in [0.15, 0.2) is 75.2 Å². The van der Waals surface area contributed by atoms with Crippen molar-refractivity contribution < 1.29 is 19.1 Å². The number of benzene rings is 3. The molecule has 172 valence electrons. The smallest absolute Gasteiger partial charge is 0.335 e. The number of nitrogens with zero attached hydrogens (tertiary/aromatic N) is 1. The van der Waals surface area contributed by atoms with Crippen LogP contribution in [0.1, 0.15) is 22.3 Å². The number of anilines is 1. The second kappa shape index (κ2) is 9.95. The van der Waals surface area contributed by atoms with Crippen LogP contribution < -0.4 is 15.0 Å². The van der Waals surface area contributed by atoms with Gasteiger partial charge in [-0.05, 0) is 98.3 Å². The van der Waals surface area contributed by atoms with E-state index in [1.807, 2.05) is 50.2 Å². The van der Waals surface area contributed by atoms with Gasteiger partial charge < -0.3 is 4.74 Å². The lowest BCUT2D eigenvalue weighted by Gasteiger charge is -2.27. The zero-order chi connectivity index (χ0) is 24.4. The fourth-order valence-electron chi connectivity index (χ4n) is 3.45. The van der Waals surface area contributed by atoms with E-state index in [9.17, 15) is 14.4 Å². The van der Waals surface area contributed by atoms with Gasteiger partial charge in [-0.25, -0.2) is 9.69 Å². The molecule has 1 aliphatic heterocycles. The number of hydrogen-bond donors (Lipinski definition) is 1. The summed E-state index contributed by atoms with van der Waals surface area (Å²) in [6, 6.07) is 17.7. The number of rotatable bonds is 5. The summed E-state index contributed by atoms with van der Waals surface area (Å²) in [7, 11) is 0. The predicted octanol–water partition coefficient (Wildman–Crippen LogP) is 6.07. The molecule has 0 spiro atoms. The molecule has 1 heterocycles. The Morgan fingerprint density at radius 3 is 2.24 bits per heavy atom. The number of carbonyl (C=O) groups excluding carboxylic acids is 3. The molecule has 3 aromatic rings. The quantitative estimate of drug-likeness (QED) is 0.292. The van der Waals surface area contributed by atoms with Crippen molar-refractivity contribution in [3.8, 4) is 5.75 Å². The number of hydrogen-bond acceptors (Lipinski definition) is 4. The van der Waals surface area contributed by atoms with Gasteiger partial charge in [-0.15, -0.1) is 0 Å². The summed E-state index contributed by atoms with van der Waals surface area (Å²) >= 11 is 7.01. The van der Waals surface area contributed by atoms with Gasteiger partial charge in [0, 0.05) is 0 Å². The topological polar surface area (TPSA) is 75.7 Å². The molecule has 3 aromatic carbocycles. The summed E-state index contributed by atoms with van der Waals surface area (Å²) < 4.78 is 7.23. The first-order valence-corrected chi connectivity index (χ1v) is 12.0. The van der Waals surface area contributed by atoms with Gasteiger partial charge >= 0.3 is 6.03 Å². The molecule has 4 amide bonds. The molecular weight excluding hydrogens is 564 g/mol. The molecule has 1 N–H and O–H groups in total. The number of carbonyl (C=O) groups is 3. The zero-order valence-corrected chi connectivity index (χ0v) is 21.6. The van der Waals surface area contributed by atoms with Crippen LogP contribution in [0, 0.1) is 13.8 Å². The van der Waals surface area contributed by atoms with Crippen LogP contribution in [-0.2, 0) is 16.2 Å². The highest BCUT2D eigenvalue weighted by Crippen LogP contribution is 2.36. The van der Waals surface area contributed by atoms with E-state index in [1.54, 1.807) is 24.3 Å². The van der Waals surface area contributed by atoms with Gasteiger partial charge in [0.15, 0.2) is 0 Å². The third kappa shape index (κ3) is 4.98. The van der Waals surface area contributed by atoms with Gasteiger partial charge in [-0.3, -0.25) is 14.9 Å². The Morgan fingerprint density at radius 2 is 1.59 bits per heavy atom. The first-order valence-electron chi connectivity index (χ1n) is 10.4. The summed E-state index contributed by atoms with van der Waals surface area (Å²) in [4.78, 5) is 39.1. The van der Waals surface area contributed by atoms with Crippen LogP contribution in [0.5, 0.6) is 5.75 Å². The Bertz CT molecular complexity index is 1310. The van der Waals surface area contributed by atoms with E-state index in [1.165, 1.54) is 6.08 Å². The van der Waals surface area contributed by atoms with Crippen molar-refractivity contribution in [1.29, 1.82) is 0 Å². The Labute approximate surface area is 213 Å². The van der Waals surface area contributed by atoms with Crippen LogP contribution in [-0.4, -0.2) is 17.8 Å². The molecule has 1 fully saturated rings. The van der Waals surface area contributed by atoms with E-state index >= 15 is 0 Å². The van der Waals surface area contributed by atoms with Crippen LogP contribution in [0.25, 0.3) is 6.08 Å². The normalized spacial score (nSPS) is 15.0. The number of aryl methyl sites for hydroxylation is 2. The molecule has 1 saturated heterocycles. The third-order valence-corrected chi connectivity index (χ3v) is 6.59. The summed E-state index contributed by atoms with van der Waals surface area (Å²) in [5, 5.41) is 2.25. The number of urea groups is 1. The number of imide groups is 2. The fraction of sp³-hybridized carbons (Fsp3) is 0.115. The lowest BCUT2D eigenvalue weighted by atomic mass is 10.0. The minimum absolute atomic E-state index is 0.144. The van der Waals surface area contributed by atoms with E-state index in [0.29, 0.717) is 32.6 Å². The first kappa shape index (κ1) is 23.9. The minimum atomic E-state index is -0.776. The molecule has 4 rings (SSSR count). The molecule has 0 unspecified atom stereocenters. The standard InChI is InChI=1S/C26H20Br2N2O4/c1-15-8-9-19(10-16(15)2)30-25(32)20(24(31)29-26(30)33)11-18-12-21(27)23(22(28)13-18)34-14-17-6-4-3-5-7-17/h3-13H,14H2,1-2H3,(H,29,31,33)/b20-11+. The molecule has 0 radical (unpaired) electrons. The van der Waals surface area contributed by atoms with E-state index < -0.39 is 17.8 Å². The van der Waals surface area contributed by atoms with Crippen molar-refractivity contribution >= 4 is 61.5 Å². The summed E-state index contributed by atoms with van der Waals surface area (Å²) in [6.45, 7) is 4.21. The van der Waals surface area contributed by atoms with Gasteiger partial charge in [0.1, 0.15) is 17.9 Å². The summed E-state index contributed by atoms with van der Waals surface area (Å²) in [6.07, 6.45) is 1.45. The van der Waals surface area contributed by atoms with E-state index in [4.69, 9.17) is 4.74 Å². The predicted molar refractivity (Wildman–Crippen MR) is 138 cm³/mol. The molecule has 1 aliphatic rings. The van der Waals surface area contributed by atoms with Crippen molar-refractivity contribution in [1.82, 2.24) is 5.32 Å². The number of nitrogens with one attached hydrogen (secondary N) is 1. The Hall–Kier alpha value is -3.23. The largest absolute Gasteiger partial charge is 0.487 e. The van der Waals surface area contributed by atoms with Crippen LogP contribution in [0.4, 0.5) is 10.5 Å². The molecule has 0 aliphatic carbocycles. The second-order valence-electron chi connectivity index (χ2n) is 7.81. The highest BCUT2D eigenvalue weighted by molar-refractivity contribution is 9.11. The average molecular weight is 584 g/mol. The lowest BCUT2D eigenvalue weighted by Crippen LogP contribution is -2.54. The number of barbiturate groups is 1. The van der Waals surface area contributed by atoms with Crippen molar-refractivity contribution in [3.63, 3.8) is 0 Å². The zero-order valence-electron chi connectivity index (χ0n) is 18.4. The highest BCUT2D eigenvalue weighted by atomic mass is 79.9. The molecule has 0 saturated carbocycles. The second-order valence-corrected chi connectivity index (χ2v) is 9.52. The van der Waals surface area contributed by atoms with E-state index in [0.717, 1.165) is 21.6 Å². The molecule has 0 bridgehead atoms. The Morgan fingerprint density at radius 1 is 0.912 bits per heavy atom. The number of amides is 4. The molecule has 0 aromatic heterocycles. The van der Waals surface area contributed by atoms with E-state index in [2.05, 4.69) is 37.2 Å². The van der Waals surface area contributed by atoms with Crippen molar-refractivity contribution in [2.45, 2.75) is 20.5 Å². The molecule has 6 nitrogen and oxygen atoms in total. The Kier molecular flexibility index (Phi) is 7.00. The fourth-order valence-corrected chi connectivity index (χ4v) is 4.90. The monoisotopic (exact) mass is 582 g/mol. The lowest BCUT2D eigenvalue weighted by molar-refractivity contribution is -0.122. The third-order valence-electron chi connectivity index (χ3n) is 5.41. The van der Waals surface area contributed by atoms with Gasteiger partial charge in [-0.1, -0.05) is 36.4 Å². The number of halogens is 2. The van der Waals surface area contributed by atoms with Crippen molar-refractivity contribution in [2.75, 3.05) is 4.90 Å². The number of ether oxygens (including phenoxy) is 1. The van der Waals surface area contributed by atoms with Gasteiger partial charge in [0.25, 0.3) is 11.8 Å². The van der Waals surface area contributed by atoms with Gasteiger partial charge in [0.2, 0.25) is 0 Å². The van der Waals surface area contributed by atoms with Crippen LogP contribution in [0.3, 0.4) is 0 Å². The maximum atomic E-state index is 13.2. The molecular formula is C26H20Br2N2O4.